The molecule has 42 heavy (non-hydrogen) atoms. The Morgan fingerprint density at radius 2 is 0.857 bits per heavy atom. The molecule has 0 rings (SSSR count). The van der Waals surface area contributed by atoms with Crippen LogP contribution in [-0.4, -0.2) is 83.5 Å². The Morgan fingerprint density at radius 1 is 0.524 bits per heavy atom. The molecule has 6 N–H and O–H groups in total. The second-order valence-electron chi connectivity index (χ2n) is 9.75. The first-order valence-corrected chi connectivity index (χ1v) is 17.0. The molecule has 3 unspecified atom stereocenters. The molecule has 0 aromatic heterocycles. The van der Waals surface area contributed by atoms with Gasteiger partial charge in [0.05, 0.1) is 18.1 Å². The van der Waals surface area contributed by atoms with E-state index in [0.29, 0.717) is 13.0 Å². The second-order valence-corrected chi connectivity index (χ2v) is 9.75. The number of hydrogen-bond acceptors (Lipinski definition) is 7. The molecule has 0 aromatic rings. The smallest absolute Gasteiger partial charge is 0.237 e. The highest BCUT2D eigenvalue weighted by molar-refractivity contribution is 5.89. The predicted molar refractivity (Wildman–Crippen MR) is 185 cm³/mol. The highest BCUT2D eigenvalue weighted by Crippen LogP contribution is 2.06. The van der Waals surface area contributed by atoms with Gasteiger partial charge in [-0.25, -0.2) is 0 Å². The zero-order chi connectivity index (χ0) is 33.6. The summed E-state index contributed by atoms with van der Waals surface area (Å²) in [5.74, 6) is -0.145. The average molecular weight is 605 g/mol. The first-order valence-electron chi connectivity index (χ1n) is 17.0. The fourth-order valence-electron chi connectivity index (χ4n) is 3.57. The van der Waals surface area contributed by atoms with Gasteiger partial charge in [0.2, 0.25) is 11.8 Å². The van der Waals surface area contributed by atoms with E-state index in [9.17, 15) is 14.4 Å². The Labute approximate surface area is 262 Å². The van der Waals surface area contributed by atoms with E-state index in [1.54, 1.807) is 7.05 Å². The monoisotopic (exact) mass is 605 g/mol. The number of ketones is 1. The molecule has 0 heterocycles. The lowest BCUT2D eigenvalue weighted by Gasteiger charge is -2.21. The van der Waals surface area contributed by atoms with Crippen molar-refractivity contribution in [3.8, 4) is 0 Å². The van der Waals surface area contributed by atoms with Gasteiger partial charge in [0, 0.05) is 6.54 Å². The first kappa shape index (κ1) is 50.1. The summed E-state index contributed by atoms with van der Waals surface area (Å²) < 4.78 is 0. The lowest BCUT2D eigenvalue weighted by Crippen LogP contribution is -2.49. The van der Waals surface area contributed by atoms with Crippen molar-refractivity contribution >= 4 is 17.6 Å². The Bertz CT molecular complexity index is 548. The van der Waals surface area contributed by atoms with Gasteiger partial charge in [-0.1, -0.05) is 81.1 Å². The first-order chi connectivity index (χ1) is 20.2. The van der Waals surface area contributed by atoms with E-state index < -0.39 is 6.04 Å². The maximum Gasteiger partial charge on any atom is 0.237 e. The van der Waals surface area contributed by atoms with Crippen molar-refractivity contribution in [2.24, 2.45) is 0 Å². The number of likely N-dealkylation sites (N-methyl/N-ethyl adjacent to an activating group) is 2. The van der Waals surface area contributed by atoms with Crippen LogP contribution in [0.25, 0.3) is 0 Å². The van der Waals surface area contributed by atoms with Crippen molar-refractivity contribution < 1.29 is 14.4 Å². The summed E-state index contributed by atoms with van der Waals surface area (Å²) in [7, 11) is 7.42. The van der Waals surface area contributed by atoms with Gasteiger partial charge in [0.15, 0.2) is 5.78 Å². The van der Waals surface area contributed by atoms with E-state index in [1.807, 2.05) is 48.8 Å². The van der Waals surface area contributed by atoms with Crippen LogP contribution in [0.3, 0.4) is 0 Å². The number of hydrogen-bond donors (Lipinski definition) is 6. The number of carbonyl (C=O) groups excluding carboxylic acids is 3. The minimum atomic E-state index is -0.483. The van der Waals surface area contributed by atoms with Gasteiger partial charge in [-0.2, -0.15) is 0 Å². The third-order valence-corrected chi connectivity index (χ3v) is 5.70. The van der Waals surface area contributed by atoms with Crippen LogP contribution < -0.4 is 31.9 Å². The minimum Gasteiger partial charge on any atom is -0.355 e. The van der Waals surface area contributed by atoms with Crippen LogP contribution in [0, 0.1) is 0 Å². The second kappa shape index (κ2) is 43.9. The number of nitrogens with one attached hydrogen (secondary N) is 6. The fraction of sp³-hybridized carbons (Fsp3) is 0.909. The van der Waals surface area contributed by atoms with E-state index in [0.717, 1.165) is 64.5 Å². The molecule has 2 amide bonds. The normalized spacial score (nSPS) is 11.7. The molecule has 0 aliphatic carbocycles. The zero-order valence-electron chi connectivity index (χ0n) is 30.4. The topological polar surface area (TPSA) is 123 Å². The lowest BCUT2D eigenvalue weighted by atomic mass is 10.0. The molecule has 3 atom stereocenters. The molecule has 0 bridgehead atoms. The fourth-order valence-corrected chi connectivity index (χ4v) is 3.57. The van der Waals surface area contributed by atoms with Crippen LogP contribution in [0.4, 0.5) is 0 Å². The molecule has 0 fully saturated rings. The number of unbranched alkanes of at least 4 members (excludes halogenated alkanes) is 3. The van der Waals surface area contributed by atoms with Crippen molar-refractivity contribution in [3.63, 3.8) is 0 Å². The van der Waals surface area contributed by atoms with Gasteiger partial charge in [-0.05, 0) is 93.1 Å². The highest BCUT2D eigenvalue weighted by atomic mass is 16.2. The predicted octanol–water partition coefficient (Wildman–Crippen LogP) is 5.19. The third kappa shape index (κ3) is 36.5. The molecule has 0 aliphatic rings. The number of rotatable bonds is 21. The van der Waals surface area contributed by atoms with E-state index in [2.05, 4.69) is 59.6 Å². The van der Waals surface area contributed by atoms with Crippen molar-refractivity contribution in [1.29, 1.82) is 0 Å². The van der Waals surface area contributed by atoms with Crippen LogP contribution in [-0.2, 0) is 14.4 Å². The summed E-state index contributed by atoms with van der Waals surface area (Å²) in [5.41, 5.74) is 0. The standard InChI is InChI=1S/C23H48N6O3.2C3H8.2C2H6/c1-18(30)19(29-23(32)21(27-5)14-7-10-16-25-3)12-8-11-17-28-22(31)20(26-4)13-6-9-15-24-2;2*1-3-2;2*1-2/h19-21,24-27H,6-17H2,1-5H3,(H,28,31)(H,29,32);2*3H2,1-2H3;2*1-2H3. The van der Waals surface area contributed by atoms with E-state index in [1.165, 1.54) is 19.8 Å². The number of Topliss-reactive ketones (excluding diaryl/α,β-unsaturated/α-hetero) is 1. The number of carbonyl (C=O) groups is 3. The Balaban J connectivity index is -0.000000401. The molecule has 0 saturated carbocycles. The van der Waals surface area contributed by atoms with E-state index in [-0.39, 0.29) is 29.7 Å². The molecule has 0 aromatic carbocycles. The quantitative estimate of drug-likeness (QED) is 0.0997. The van der Waals surface area contributed by atoms with Gasteiger partial charge >= 0.3 is 0 Å². The summed E-state index contributed by atoms with van der Waals surface area (Å²) in [6.07, 6.45) is 10.1. The van der Waals surface area contributed by atoms with Gasteiger partial charge in [0.25, 0.3) is 0 Å². The summed E-state index contributed by atoms with van der Waals surface area (Å²) in [5, 5.41) is 18.2. The highest BCUT2D eigenvalue weighted by Gasteiger charge is 2.22. The summed E-state index contributed by atoms with van der Waals surface area (Å²) in [4.78, 5) is 36.9. The van der Waals surface area contributed by atoms with Crippen molar-refractivity contribution in [2.45, 2.75) is 151 Å². The molecule has 0 aliphatic heterocycles. The van der Waals surface area contributed by atoms with Crippen molar-refractivity contribution in [2.75, 3.05) is 47.8 Å². The lowest BCUT2D eigenvalue weighted by molar-refractivity contribution is -0.128. The Morgan fingerprint density at radius 3 is 1.19 bits per heavy atom. The van der Waals surface area contributed by atoms with Crippen molar-refractivity contribution in [3.05, 3.63) is 0 Å². The van der Waals surface area contributed by atoms with Crippen LogP contribution >= 0.6 is 0 Å². The largest absolute Gasteiger partial charge is 0.355 e. The van der Waals surface area contributed by atoms with Gasteiger partial charge in [-0.15, -0.1) is 0 Å². The van der Waals surface area contributed by atoms with Gasteiger partial charge < -0.3 is 31.9 Å². The SMILES string of the molecule is CC.CC.CCC.CCC.CNCCCCC(NC)C(=O)NCCCCC(NC(=O)C(CCCCNC)NC)C(C)=O. The van der Waals surface area contributed by atoms with Crippen LogP contribution in [0.15, 0.2) is 0 Å². The van der Waals surface area contributed by atoms with Crippen LogP contribution in [0.1, 0.15) is 133 Å². The van der Waals surface area contributed by atoms with E-state index in [4.69, 9.17) is 0 Å². The molecular weight excluding hydrogens is 528 g/mol. The maximum absolute atomic E-state index is 12.6. The summed E-state index contributed by atoms with van der Waals surface area (Å²) in [6.45, 7) is 20.5. The zero-order valence-corrected chi connectivity index (χ0v) is 30.4. The van der Waals surface area contributed by atoms with Gasteiger partial charge in [-0.3, -0.25) is 14.4 Å². The maximum atomic E-state index is 12.6. The molecule has 0 radical (unpaired) electrons. The Hall–Kier alpha value is -1.55. The van der Waals surface area contributed by atoms with Crippen LogP contribution in [0.2, 0.25) is 0 Å². The number of amides is 2. The Kier molecular flexibility index (Phi) is 52.4. The van der Waals surface area contributed by atoms with E-state index >= 15 is 0 Å². The molecule has 0 saturated heterocycles. The molecule has 9 nitrogen and oxygen atoms in total. The minimum absolute atomic E-state index is 0.0171. The molecule has 0 spiro atoms. The average Bonchev–Trinajstić information content (AvgIpc) is 2.99. The molecule has 9 heteroatoms. The third-order valence-electron chi connectivity index (χ3n) is 5.70. The summed E-state index contributed by atoms with van der Waals surface area (Å²) in [6, 6.07) is -0.953. The van der Waals surface area contributed by atoms with Crippen LogP contribution in [0.5, 0.6) is 0 Å². The van der Waals surface area contributed by atoms with Gasteiger partial charge in [0.1, 0.15) is 0 Å². The molecule has 256 valence electrons. The van der Waals surface area contributed by atoms with Crippen molar-refractivity contribution in [1.82, 2.24) is 31.9 Å². The summed E-state index contributed by atoms with van der Waals surface area (Å²) >= 11 is 0. The molecular formula is C33H76N6O3.